The highest BCUT2D eigenvalue weighted by Crippen LogP contribution is 2.37. The van der Waals surface area contributed by atoms with Gasteiger partial charge in [-0.2, -0.15) is 10.2 Å². The summed E-state index contributed by atoms with van der Waals surface area (Å²) in [5, 5.41) is 10.2. The zero-order valence-corrected chi connectivity index (χ0v) is 19.7. The van der Waals surface area contributed by atoms with Crippen LogP contribution < -0.4 is 10.2 Å². The lowest BCUT2D eigenvalue weighted by Crippen LogP contribution is -2.16. The van der Waals surface area contributed by atoms with Crippen LogP contribution in [0.3, 0.4) is 0 Å². The number of hydrogen-bond donors (Lipinski definition) is 1. The van der Waals surface area contributed by atoms with Crippen LogP contribution in [0, 0.1) is 0 Å². The lowest BCUT2D eigenvalue weighted by molar-refractivity contribution is 0.0959. The first-order chi connectivity index (χ1) is 16.6. The molecule has 0 aliphatic heterocycles. The lowest BCUT2D eigenvalue weighted by atomic mass is 10.1. The molecule has 0 unspecified atom stereocenters. The van der Waals surface area contributed by atoms with E-state index >= 15 is 0 Å². The minimum Gasteiger partial charge on any atom is -0.497 e. The van der Waals surface area contributed by atoms with Gasteiger partial charge in [-0.15, -0.1) is 11.3 Å². The number of nitrogens with zero attached hydrogens (tertiary/aromatic N) is 3. The average molecular weight is 487 g/mol. The van der Waals surface area contributed by atoms with E-state index in [0.717, 1.165) is 32.6 Å². The normalized spacial score (nSPS) is 11.2. The number of hydrazone groups is 1. The molecule has 34 heavy (non-hydrogen) atoms. The number of carbonyl (C=O) groups is 1. The highest BCUT2D eigenvalue weighted by atomic mass is 35.5. The Morgan fingerprint density at radius 1 is 1.09 bits per heavy atom. The monoisotopic (exact) mass is 486 g/mol. The molecule has 0 fully saturated rings. The molecule has 0 spiro atoms. The minimum atomic E-state index is -0.377. The van der Waals surface area contributed by atoms with Gasteiger partial charge >= 0.3 is 0 Å². The molecule has 3 aromatic carbocycles. The largest absolute Gasteiger partial charge is 0.497 e. The van der Waals surface area contributed by atoms with E-state index in [-0.39, 0.29) is 5.91 Å². The summed E-state index contributed by atoms with van der Waals surface area (Å²) in [5.74, 6) is 0.331. The van der Waals surface area contributed by atoms with Crippen molar-refractivity contribution in [3.63, 3.8) is 0 Å². The van der Waals surface area contributed by atoms with Gasteiger partial charge in [-0.1, -0.05) is 60.1 Å². The number of hydrogen-bond acceptors (Lipinski definition) is 5. The standard InChI is InChI=1S/C26H19ClN4O2S/c1-33-20-12-13-21-22(14-20)34-25(23(21)27)26(32)29-28-15-18-16-31(19-10-6-3-7-11-19)30-24(18)17-8-4-2-5-9-17/h2-16H,1H3,(H,29,32)/b28-15-. The van der Waals surface area contributed by atoms with E-state index in [0.29, 0.717) is 15.6 Å². The molecule has 0 radical (unpaired) electrons. The number of ether oxygens (including phenoxy) is 1. The fourth-order valence-electron chi connectivity index (χ4n) is 3.54. The van der Waals surface area contributed by atoms with Crippen LogP contribution in [0.15, 0.2) is 90.2 Å². The number of thiophene rings is 1. The van der Waals surface area contributed by atoms with Gasteiger partial charge in [0.25, 0.3) is 5.91 Å². The van der Waals surface area contributed by atoms with Gasteiger partial charge in [-0.25, -0.2) is 10.1 Å². The van der Waals surface area contributed by atoms with Crippen LogP contribution in [0.5, 0.6) is 5.75 Å². The first kappa shape index (κ1) is 21.9. The van der Waals surface area contributed by atoms with E-state index in [1.807, 2.05) is 85.1 Å². The number of aromatic nitrogens is 2. The van der Waals surface area contributed by atoms with E-state index in [2.05, 4.69) is 10.5 Å². The van der Waals surface area contributed by atoms with Crippen LogP contribution in [-0.4, -0.2) is 29.0 Å². The van der Waals surface area contributed by atoms with Crippen molar-refractivity contribution in [2.45, 2.75) is 0 Å². The van der Waals surface area contributed by atoms with Gasteiger partial charge in [0.15, 0.2) is 0 Å². The Morgan fingerprint density at radius 3 is 2.56 bits per heavy atom. The summed E-state index contributed by atoms with van der Waals surface area (Å²) in [5.41, 5.74) is 6.00. The van der Waals surface area contributed by atoms with Crippen LogP contribution in [0.4, 0.5) is 0 Å². The van der Waals surface area contributed by atoms with E-state index in [4.69, 9.17) is 21.4 Å². The molecule has 8 heteroatoms. The summed E-state index contributed by atoms with van der Waals surface area (Å²) >= 11 is 7.76. The maximum Gasteiger partial charge on any atom is 0.283 e. The number of para-hydroxylation sites is 1. The van der Waals surface area contributed by atoms with Gasteiger partial charge < -0.3 is 4.74 Å². The number of amides is 1. The number of benzene rings is 3. The van der Waals surface area contributed by atoms with Crippen LogP contribution in [0.25, 0.3) is 27.0 Å². The SMILES string of the molecule is COc1ccc2c(Cl)c(C(=O)N/N=C\c3cn(-c4ccccc4)nc3-c3ccccc3)sc2c1. The summed E-state index contributed by atoms with van der Waals surface area (Å²) < 4.78 is 7.92. The summed E-state index contributed by atoms with van der Waals surface area (Å²) in [7, 11) is 1.60. The van der Waals surface area contributed by atoms with Gasteiger partial charge in [0.2, 0.25) is 0 Å². The van der Waals surface area contributed by atoms with E-state index in [1.54, 1.807) is 18.0 Å². The van der Waals surface area contributed by atoms with Gasteiger partial charge in [0.1, 0.15) is 16.3 Å². The first-order valence-electron chi connectivity index (χ1n) is 10.4. The molecular formula is C26H19ClN4O2S. The van der Waals surface area contributed by atoms with Crippen LogP contribution in [-0.2, 0) is 0 Å². The third-order valence-corrected chi connectivity index (χ3v) is 6.88. The maximum absolute atomic E-state index is 12.8. The smallest absolute Gasteiger partial charge is 0.283 e. The minimum absolute atomic E-state index is 0.377. The van der Waals surface area contributed by atoms with E-state index in [1.165, 1.54) is 11.3 Å². The van der Waals surface area contributed by atoms with Crippen molar-refractivity contribution in [1.82, 2.24) is 15.2 Å². The number of nitrogens with one attached hydrogen (secondary N) is 1. The van der Waals surface area contributed by atoms with Crippen molar-refractivity contribution in [3.8, 4) is 22.7 Å². The molecule has 6 nitrogen and oxygen atoms in total. The summed E-state index contributed by atoms with van der Waals surface area (Å²) in [6, 6.07) is 25.2. The highest BCUT2D eigenvalue weighted by Gasteiger charge is 2.17. The zero-order chi connectivity index (χ0) is 23.5. The maximum atomic E-state index is 12.8. The number of halogens is 1. The number of rotatable bonds is 6. The molecule has 5 rings (SSSR count). The van der Waals surface area contributed by atoms with Crippen molar-refractivity contribution < 1.29 is 9.53 Å². The molecule has 0 atom stereocenters. The second kappa shape index (κ2) is 9.51. The van der Waals surface area contributed by atoms with Crippen molar-refractivity contribution in [2.75, 3.05) is 7.11 Å². The zero-order valence-electron chi connectivity index (χ0n) is 18.1. The first-order valence-corrected chi connectivity index (χ1v) is 11.6. The van der Waals surface area contributed by atoms with Crippen LogP contribution >= 0.6 is 22.9 Å². The fourth-order valence-corrected chi connectivity index (χ4v) is 4.98. The van der Waals surface area contributed by atoms with Gasteiger partial charge in [0, 0.05) is 27.4 Å². The Bertz CT molecular complexity index is 1490. The van der Waals surface area contributed by atoms with E-state index < -0.39 is 0 Å². The Hall–Kier alpha value is -3.94. The Balaban J connectivity index is 1.43. The molecule has 0 aliphatic rings. The third-order valence-electron chi connectivity index (χ3n) is 5.22. The van der Waals surface area contributed by atoms with Crippen LogP contribution in [0.2, 0.25) is 5.02 Å². The molecule has 0 saturated heterocycles. The Kier molecular flexibility index (Phi) is 6.12. The fraction of sp³-hybridized carbons (Fsp3) is 0.0385. The quantitative estimate of drug-likeness (QED) is 0.230. The molecule has 1 N–H and O–H groups in total. The summed E-state index contributed by atoms with van der Waals surface area (Å²) in [4.78, 5) is 13.2. The molecule has 168 valence electrons. The Labute approximate surface area is 205 Å². The Morgan fingerprint density at radius 2 is 1.82 bits per heavy atom. The summed E-state index contributed by atoms with van der Waals surface area (Å²) in [6.07, 6.45) is 3.48. The second-order valence-corrected chi connectivity index (χ2v) is 8.82. The molecule has 0 bridgehead atoms. The average Bonchev–Trinajstić information content (AvgIpc) is 3.46. The van der Waals surface area contributed by atoms with Gasteiger partial charge in [-0.3, -0.25) is 4.79 Å². The molecule has 2 aromatic heterocycles. The predicted molar refractivity (Wildman–Crippen MR) is 137 cm³/mol. The number of fused-ring (bicyclic) bond motifs is 1. The van der Waals surface area contributed by atoms with Gasteiger partial charge in [0.05, 0.1) is 24.0 Å². The predicted octanol–water partition coefficient (Wildman–Crippen LogP) is 6.18. The van der Waals surface area contributed by atoms with Crippen molar-refractivity contribution in [1.29, 1.82) is 0 Å². The van der Waals surface area contributed by atoms with Crippen LogP contribution in [0.1, 0.15) is 15.2 Å². The molecule has 2 heterocycles. The van der Waals surface area contributed by atoms with Crippen molar-refractivity contribution in [2.24, 2.45) is 5.10 Å². The summed E-state index contributed by atoms with van der Waals surface area (Å²) in [6.45, 7) is 0. The molecule has 1 amide bonds. The second-order valence-electron chi connectivity index (χ2n) is 7.39. The van der Waals surface area contributed by atoms with Gasteiger partial charge in [-0.05, 0) is 30.3 Å². The number of methoxy groups -OCH3 is 1. The third kappa shape index (κ3) is 4.31. The number of carbonyl (C=O) groups excluding carboxylic acids is 1. The molecule has 0 saturated carbocycles. The van der Waals surface area contributed by atoms with E-state index in [9.17, 15) is 4.79 Å². The molecule has 0 aliphatic carbocycles. The lowest BCUT2D eigenvalue weighted by Gasteiger charge is -2.00. The van der Waals surface area contributed by atoms with Crippen molar-refractivity contribution >= 4 is 45.1 Å². The molecule has 5 aromatic rings. The highest BCUT2D eigenvalue weighted by molar-refractivity contribution is 7.21. The molecular weight excluding hydrogens is 468 g/mol. The van der Waals surface area contributed by atoms with Crippen molar-refractivity contribution in [3.05, 3.63) is 101 Å². The topological polar surface area (TPSA) is 68.5 Å².